The van der Waals surface area contributed by atoms with Gasteiger partial charge in [0.25, 0.3) is 5.56 Å². The van der Waals surface area contributed by atoms with Crippen LogP contribution in [0.1, 0.15) is 16.5 Å². The van der Waals surface area contributed by atoms with E-state index in [0.717, 1.165) is 6.54 Å². The summed E-state index contributed by atoms with van der Waals surface area (Å²) in [5, 5.41) is 14.3. The van der Waals surface area contributed by atoms with Crippen LogP contribution in [0, 0.1) is 6.92 Å². The van der Waals surface area contributed by atoms with E-state index in [1.54, 1.807) is 34.5 Å². The maximum absolute atomic E-state index is 12.4. The number of nitrogens with one attached hydrogen (secondary N) is 1. The van der Waals surface area contributed by atoms with Crippen molar-refractivity contribution in [2.45, 2.75) is 25.6 Å². The van der Waals surface area contributed by atoms with E-state index in [0.29, 0.717) is 19.0 Å². The van der Waals surface area contributed by atoms with Gasteiger partial charge in [-0.15, -0.1) is 16.4 Å². The summed E-state index contributed by atoms with van der Waals surface area (Å²) in [6.45, 7) is 3.91. The van der Waals surface area contributed by atoms with E-state index in [2.05, 4.69) is 33.9 Å². The summed E-state index contributed by atoms with van der Waals surface area (Å²) < 4.78 is 8.79. The fourth-order valence-corrected chi connectivity index (χ4v) is 3.82. The van der Waals surface area contributed by atoms with E-state index in [4.69, 9.17) is 4.74 Å². The molecule has 0 aliphatic carbocycles. The Morgan fingerprint density at radius 2 is 2.28 bits per heavy atom. The first-order valence-corrected chi connectivity index (χ1v) is 9.04. The highest BCUT2D eigenvalue weighted by Crippen LogP contribution is 2.20. The number of nitrogens with zero attached hydrogens (tertiary/aromatic N) is 4. The third kappa shape index (κ3) is 3.28. The Labute approximate surface area is 148 Å². The van der Waals surface area contributed by atoms with Gasteiger partial charge in [0, 0.05) is 29.9 Å². The minimum atomic E-state index is -0.136. The Bertz CT molecular complexity index is 902. The van der Waals surface area contributed by atoms with Crippen molar-refractivity contribution in [3.8, 4) is 5.82 Å². The van der Waals surface area contributed by atoms with Gasteiger partial charge in [-0.1, -0.05) is 0 Å². The zero-order valence-corrected chi connectivity index (χ0v) is 14.6. The van der Waals surface area contributed by atoms with Crippen molar-refractivity contribution in [3.05, 3.63) is 62.8 Å². The number of hydrogen-bond donors (Lipinski definition) is 1. The van der Waals surface area contributed by atoms with Crippen molar-refractivity contribution in [1.29, 1.82) is 0 Å². The highest BCUT2D eigenvalue weighted by atomic mass is 32.1. The largest absolute Gasteiger partial charge is 0.377 e. The van der Waals surface area contributed by atoms with Gasteiger partial charge in [0.05, 0.1) is 25.3 Å². The molecule has 2 unspecified atom stereocenters. The lowest BCUT2D eigenvalue weighted by Gasteiger charge is -2.20. The first-order chi connectivity index (χ1) is 12.2. The van der Waals surface area contributed by atoms with Crippen molar-refractivity contribution in [2.75, 3.05) is 13.2 Å². The van der Waals surface area contributed by atoms with Crippen LogP contribution in [0.4, 0.5) is 0 Å². The average Bonchev–Trinajstić information content (AvgIpc) is 3.35. The molecule has 2 atom stereocenters. The second-order valence-electron chi connectivity index (χ2n) is 6.04. The van der Waals surface area contributed by atoms with Gasteiger partial charge in [-0.3, -0.25) is 4.79 Å². The van der Waals surface area contributed by atoms with Crippen LogP contribution >= 0.6 is 11.3 Å². The Morgan fingerprint density at radius 3 is 3.04 bits per heavy atom. The van der Waals surface area contributed by atoms with E-state index in [1.807, 2.05) is 6.07 Å². The zero-order chi connectivity index (χ0) is 17.2. The molecule has 25 heavy (non-hydrogen) atoms. The molecule has 0 radical (unpaired) electrons. The van der Waals surface area contributed by atoms with Crippen LogP contribution in [0.5, 0.6) is 0 Å². The van der Waals surface area contributed by atoms with Crippen LogP contribution in [0.2, 0.25) is 0 Å². The summed E-state index contributed by atoms with van der Waals surface area (Å²) in [6.07, 6.45) is 3.49. The summed E-state index contributed by atoms with van der Waals surface area (Å²) in [7, 11) is 0. The number of hydrogen-bond acceptors (Lipinski definition) is 6. The van der Waals surface area contributed by atoms with Crippen LogP contribution in [-0.2, 0) is 11.3 Å². The van der Waals surface area contributed by atoms with Gasteiger partial charge in [0.15, 0.2) is 5.82 Å². The van der Waals surface area contributed by atoms with Crippen molar-refractivity contribution >= 4 is 11.3 Å². The van der Waals surface area contributed by atoms with Crippen LogP contribution in [0.25, 0.3) is 5.82 Å². The van der Waals surface area contributed by atoms with Gasteiger partial charge in [-0.25, -0.2) is 9.36 Å². The van der Waals surface area contributed by atoms with Gasteiger partial charge in [0.2, 0.25) is 0 Å². The van der Waals surface area contributed by atoms with E-state index < -0.39 is 0 Å². The summed E-state index contributed by atoms with van der Waals surface area (Å²) in [5.41, 5.74) is 1.15. The molecule has 1 fully saturated rings. The Morgan fingerprint density at radius 1 is 1.36 bits per heavy atom. The van der Waals surface area contributed by atoms with Gasteiger partial charge >= 0.3 is 0 Å². The fraction of sp³-hybridized carbons (Fsp3) is 0.353. The molecule has 1 saturated heterocycles. The molecular formula is C17H19N5O2S. The van der Waals surface area contributed by atoms with Crippen molar-refractivity contribution in [3.63, 3.8) is 0 Å². The third-order valence-electron chi connectivity index (χ3n) is 4.41. The minimum absolute atomic E-state index is 0.0413. The molecule has 0 amide bonds. The molecule has 0 bridgehead atoms. The molecule has 0 saturated carbocycles. The van der Waals surface area contributed by atoms with Crippen molar-refractivity contribution in [2.24, 2.45) is 0 Å². The molecule has 7 nitrogen and oxygen atoms in total. The average molecular weight is 357 g/mol. The highest BCUT2D eigenvalue weighted by molar-refractivity contribution is 7.10. The SMILES string of the molecule is Cc1ccsc1CNC1COCC1n1nc(-n2cccn2)ccc1=O. The summed E-state index contributed by atoms with van der Waals surface area (Å²) in [4.78, 5) is 13.7. The lowest BCUT2D eigenvalue weighted by molar-refractivity contribution is 0.180. The van der Waals surface area contributed by atoms with Gasteiger partial charge in [-0.2, -0.15) is 5.10 Å². The van der Waals surface area contributed by atoms with Crippen LogP contribution in [0.15, 0.2) is 46.8 Å². The molecule has 4 rings (SSSR count). The molecule has 0 spiro atoms. The number of aryl methyl sites for hydroxylation is 1. The molecule has 0 aromatic carbocycles. The van der Waals surface area contributed by atoms with Crippen LogP contribution in [0.3, 0.4) is 0 Å². The molecule has 130 valence electrons. The van der Waals surface area contributed by atoms with Crippen LogP contribution < -0.4 is 10.9 Å². The maximum atomic E-state index is 12.4. The monoisotopic (exact) mass is 357 g/mol. The predicted molar refractivity (Wildman–Crippen MR) is 95.2 cm³/mol. The van der Waals surface area contributed by atoms with Gasteiger partial charge in [0.1, 0.15) is 0 Å². The molecule has 8 heteroatoms. The highest BCUT2D eigenvalue weighted by Gasteiger charge is 2.31. The molecular weight excluding hydrogens is 338 g/mol. The normalized spacial score (nSPS) is 20.2. The quantitative estimate of drug-likeness (QED) is 0.750. The second-order valence-corrected chi connectivity index (χ2v) is 7.04. The number of aromatic nitrogens is 4. The molecule has 1 N–H and O–H groups in total. The van der Waals surface area contributed by atoms with Crippen molar-refractivity contribution in [1.82, 2.24) is 24.9 Å². The van der Waals surface area contributed by atoms with E-state index in [9.17, 15) is 4.79 Å². The van der Waals surface area contributed by atoms with E-state index in [-0.39, 0.29) is 17.6 Å². The predicted octanol–water partition coefficient (Wildman–Crippen LogP) is 1.53. The minimum Gasteiger partial charge on any atom is -0.377 e. The standard InChI is InChI=1S/C17H19N5O2S/c1-12-5-8-25-15(12)9-18-13-10-24-11-14(13)22-17(23)4-3-16(20-22)21-7-2-6-19-21/h2-8,13-14,18H,9-11H2,1H3. The Balaban J connectivity index is 1.56. The van der Waals surface area contributed by atoms with E-state index in [1.165, 1.54) is 21.2 Å². The lowest BCUT2D eigenvalue weighted by Crippen LogP contribution is -2.41. The second kappa shape index (κ2) is 6.91. The molecule has 3 aromatic heterocycles. The molecule has 1 aliphatic heterocycles. The molecule has 3 aromatic rings. The summed E-state index contributed by atoms with van der Waals surface area (Å²) >= 11 is 1.73. The smallest absolute Gasteiger partial charge is 0.267 e. The first kappa shape index (κ1) is 16.2. The number of thiophene rings is 1. The lowest BCUT2D eigenvalue weighted by atomic mass is 10.1. The number of rotatable bonds is 5. The zero-order valence-electron chi connectivity index (χ0n) is 13.8. The number of ether oxygens (including phenoxy) is 1. The molecule has 4 heterocycles. The molecule has 1 aliphatic rings. The Kier molecular flexibility index (Phi) is 4.48. The van der Waals surface area contributed by atoms with Gasteiger partial charge < -0.3 is 10.1 Å². The first-order valence-electron chi connectivity index (χ1n) is 8.16. The maximum Gasteiger partial charge on any atom is 0.267 e. The van der Waals surface area contributed by atoms with Gasteiger partial charge in [-0.05, 0) is 36.1 Å². The van der Waals surface area contributed by atoms with Crippen LogP contribution in [-0.4, -0.2) is 38.8 Å². The summed E-state index contributed by atoms with van der Waals surface area (Å²) in [6, 6.07) is 7.05. The topological polar surface area (TPSA) is 74.0 Å². The third-order valence-corrected chi connectivity index (χ3v) is 5.43. The summed E-state index contributed by atoms with van der Waals surface area (Å²) in [5.74, 6) is 0.615. The van der Waals surface area contributed by atoms with E-state index >= 15 is 0 Å². The van der Waals surface area contributed by atoms with Crippen molar-refractivity contribution < 1.29 is 4.74 Å². The fourth-order valence-electron chi connectivity index (χ4n) is 2.97. The Hall–Kier alpha value is -2.29.